The molecule has 1 fully saturated rings. The van der Waals surface area contributed by atoms with E-state index in [9.17, 15) is 14.0 Å². The quantitative estimate of drug-likeness (QED) is 0.793. The molecule has 1 amide bonds. The number of halogens is 2. The van der Waals surface area contributed by atoms with Gasteiger partial charge in [0.15, 0.2) is 0 Å². The highest BCUT2D eigenvalue weighted by atomic mass is 79.9. The number of benzene rings is 1. The second-order valence-electron chi connectivity index (χ2n) is 4.69. The summed E-state index contributed by atoms with van der Waals surface area (Å²) in [7, 11) is 1.28. The van der Waals surface area contributed by atoms with Gasteiger partial charge in [-0.2, -0.15) is 0 Å². The Hall–Kier alpha value is -1.43. The number of esters is 1. The lowest BCUT2D eigenvalue weighted by atomic mass is 10.1. The van der Waals surface area contributed by atoms with Crippen LogP contribution in [0.25, 0.3) is 0 Å². The maximum Gasteiger partial charge on any atom is 0.328 e. The molecule has 0 saturated carbocycles. The van der Waals surface area contributed by atoms with E-state index in [-0.39, 0.29) is 12.3 Å². The normalized spacial score (nSPS) is 20.1. The fraction of sp³-hybridized carbons (Fsp3) is 0.429. The Bertz CT molecular complexity index is 529. The number of carbonyl (C=O) groups is 2. The number of ether oxygens (including phenoxy) is 1. The Morgan fingerprint density at radius 3 is 2.85 bits per heavy atom. The van der Waals surface area contributed by atoms with Gasteiger partial charge < -0.3 is 9.64 Å². The van der Waals surface area contributed by atoms with Crippen molar-refractivity contribution in [3.05, 3.63) is 34.1 Å². The fourth-order valence-electron chi connectivity index (χ4n) is 2.60. The van der Waals surface area contributed by atoms with Gasteiger partial charge in [-0.05, 0) is 25.5 Å². The summed E-state index contributed by atoms with van der Waals surface area (Å²) in [5.41, 5.74) is 0.372. The Labute approximate surface area is 125 Å². The summed E-state index contributed by atoms with van der Waals surface area (Å²) in [6.07, 6.45) is 0.679. The predicted octanol–water partition coefficient (Wildman–Crippen LogP) is 2.81. The Kier molecular flexibility index (Phi) is 4.42. The molecular weight excluding hydrogens is 329 g/mol. The van der Waals surface area contributed by atoms with E-state index >= 15 is 0 Å². The standard InChI is InChI=1S/C14H15BrFNO3/c1-8(13-9(15)4-3-5-10(13)16)17-11(14(19)20-2)6-7-12(17)18/h3-5,8,11H,6-7H2,1-2H3. The predicted molar refractivity (Wildman–Crippen MR) is 74.4 cm³/mol. The molecule has 0 aliphatic carbocycles. The minimum Gasteiger partial charge on any atom is -0.467 e. The molecule has 20 heavy (non-hydrogen) atoms. The second-order valence-corrected chi connectivity index (χ2v) is 5.54. The van der Waals surface area contributed by atoms with E-state index in [0.29, 0.717) is 16.5 Å². The zero-order chi connectivity index (χ0) is 14.9. The van der Waals surface area contributed by atoms with E-state index in [1.54, 1.807) is 19.1 Å². The average Bonchev–Trinajstić information content (AvgIpc) is 2.79. The van der Waals surface area contributed by atoms with Crippen LogP contribution in [0.1, 0.15) is 31.4 Å². The number of likely N-dealkylation sites (tertiary alicyclic amines) is 1. The molecule has 1 aliphatic rings. The molecule has 4 nitrogen and oxygen atoms in total. The van der Waals surface area contributed by atoms with Gasteiger partial charge in [0.1, 0.15) is 11.9 Å². The smallest absolute Gasteiger partial charge is 0.328 e. The van der Waals surface area contributed by atoms with Crippen LogP contribution in [0, 0.1) is 5.82 Å². The SMILES string of the molecule is COC(=O)C1CCC(=O)N1C(C)c1c(F)cccc1Br. The number of hydrogen-bond donors (Lipinski definition) is 0. The highest BCUT2D eigenvalue weighted by molar-refractivity contribution is 9.10. The zero-order valence-corrected chi connectivity index (χ0v) is 12.8. The number of nitrogens with zero attached hydrogens (tertiary/aromatic N) is 1. The number of methoxy groups -OCH3 is 1. The Balaban J connectivity index is 2.37. The van der Waals surface area contributed by atoms with Gasteiger partial charge in [0.25, 0.3) is 0 Å². The third-order valence-corrected chi connectivity index (χ3v) is 4.25. The molecule has 1 aliphatic heterocycles. The first-order valence-corrected chi connectivity index (χ1v) is 7.09. The summed E-state index contributed by atoms with van der Waals surface area (Å²) in [6.45, 7) is 1.71. The summed E-state index contributed by atoms with van der Waals surface area (Å²) in [5.74, 6) is -1.03. The number of rotatable bonds is 3. The van der Waals surface area contributed by atoms with Crippen LogP contribution in [-0.4, -0.2) is 29.9 Å². The van der Waals surface area contributed by atoms with Gasteiger partial charge in [0.2, 0.25) is 5.91 Å². The van der Waals surface area contributed by atoms with E-state index in [1.807, 2.05) is 0 Å². The lowest BCUT2D eigenvalue weighted by Crippen LogP contribution is -2.41. The van der Waals surface area contributed by atoms with Gasteiger partial charge in [-0.25, -0.2) is 9.18 Å². The van der Waals surface area contributed by atoms with Crippen LogP contribution in [0.4, 0.5) is 4.39 Å². The monoisotopic (exact) mass is 343 g/mol. The molecule has 2 unspecified atom stereocenters. The summed E-state index contributed by atoms with van der Waals surface area (Å²) in [4.78, 5) is 25.2. The molecule has 2 rings (SSSR count). The summed E-state index contributed by atoms with van der Waals surface area (Å²) in [6, 6.07) is 3.45. The first kappa shape index (κ1) is 15.0. The molecule has 0 aromatic heterocycles. The van der Waals surface area contributed by atoms with Crippen molar-refractivity contribution in [2.24, 2.45) is 0 Å². The summed E-state index contributed by atoms with van der Waals surface area (Å²) in [5, 5.41) is 0. The van der Waals surface area contributed by atoms with Gasteiger partial charge in [0.05, 0.1) is 13.2 Å². The third kappa shape index (κ3) is 2.57. The third-order valence-electron chi connectivity index (χ3n) is 3.56. The van der Waals surface area contributed by atoms with E-state index in [4.69, 9.17) is 4.74 Å². The van der Waals surface area contributed by atoms with Gasteiger partial charge >= 0.3 is 5.97 Å². The highest BCUT2D eigenvalue weighted by Crippen LogP contribution is 2.35. The van der Waals surface area contributed by atoms with Gasteiger partial charge in [-0.3, -0.25) is 4.79 Å². The van der Waals surface area contributed by atoms with Crippen LogP contribution in [0.5, 0.6) is 0 Å². The molecule has 0 bridgehead atoms. The Morgan fingerprint density at radius 2 is 2.25 bits per heavy atom. The number of carbonyl (C=O) groups excluding carboxylic acids is 2. The molecular formula is C14H15BrFNO3. The van der Waals surface area contributed by atoms with Crippen molar-refractivity contribution in [3.63, 3.8) is 0 Å². The molecule has 0 N–H and O–H groups in total. The fourth-order valence-corrected chi connectivity index (χ4v) is 3.28. The van der Waals surface area contributed by atoms with Crippen molar-refractivity contribution in [3.8, 4) is 0 Å². The van der Waals surface area contributed by atoms with Gasteiger partial charge in [-0.1, -0.05) is 22.0 Å². The minimum absolute atomic E-state index is 0.164. The van der Waals surface area contributed by atoms with E-state index in [1.165, 1.54) is 18.1 Å². The maximum atomic E-state index is 14.0. The minimum atomic E-state index is -0.644. The van der Waals surface area contributed by atoms with Crippen LogP contribution in [0.15, 0.2) is 22.7 Å². The van der Waals surface area contributed by atoms with Crippen molar-refractivity contribution < 1.29 is 18.7 Å². The van der Waals surface area contributed by atoms with Crippen LogP contribution in [0.3, 0.4) is 0 Å². The largest absolute Gasteiger partial charge is 0.467 e. The number of hydrogen-bond acceptors (Lipinski definition) is 3. The van der Waals surface area contributed by atoms with Crippen LogP contribution >= 0.6 is 15.9 Å². The molecule has 1 saturated heterocycles. The molecule has 1 aromatic carbocycles. The first-order valence-electron chi connectivity index (χ1n) is 6.30. The number of amides is 1. The molecule has 0 radical (unpaired) electrons. The molecule has 1 aromatic rings. The van der Waals surface area contributed by atoms with Crippen molar-refractivity contribution in [1.29, 1.82) is 0 Å². The summed E-state index contributed by atoms with van der Waals surface area (Å²) >= 11 is 3.29. The van der Waals surface area contributed by atoms with E-state index < -0.39 is 23.9 Å². The van der Waals surface area contributed by atoms with Gasteiger partial charge in [-0.15, -0.1) is 0 Å². The molecule has 1 heterocycles. The topological polar surface area (TPSA) is 46.6 Å². The van der Waals surface area contributed by atoms with E-state index in [0.717, 1.165) is 0 Å². The van der Waals surface area contributed by atoms with Crippen molar-refractivity contribution in [2.75, 3.05) is 7.11 Å². The molecule has 6 heteroatoms. The van der Waals surface area contributed by atoms with E-state index in [2.05, 4.69) is 15.9 Å². The average molecular weight is 344 g/mol. The van der Waals surface area contributed by atoms with Gasteiger partial charge in [0, 0.05) is 16.5 Å². The summed E-state index contributed by atoms with van der Waals surface area (Å²) < 4.78 is 19.3. The lowest BCUT2D eigenvalue weighted by molar-refractivity contribution is -0.150. The first-order chi connectivity index (χ1) is 9.47. The molecule has 2 atom stereocenters. The lowest BCUT2D eigenvalue weighted by Gasteiger charge is -2.30. The zero-order valence-electron chi connectivity index (χ0n) is 11.2. The molecule has 108 valence electrons. The maximum absolute atomic E-state index is 14.0. The molecule has 0 spiro atoms. The van der Waals surface area contributed by atoms with Crippen molar-refractivity contribution >= 4 is 27.8 Å². The van der Waals surface area contributed by atoms with Crippen molar-refractivity contribution in [2.45, 2.75) is 31.8 Å². The van der Waals surface area contributed by atoms with Crippen LogP contribution < -0.4 is 0 Å². The Morgan fingerprint density at radius 1 is 1.55 bits per heavy atom. The van der Waals surface area contributed by atoms with Crippen LogP contribution in [-0.2, 0) is 14.3 Å². The highest BCUT2D eigenvalue weighted by Gasteiger charge is 2.40. The van der Waals surface area contributed by atoms with Crippen LogP contribution in [0.2, 0.25) is 0 Å². The second kappa shape index (κ2) is 5.91. The van der Waals surface area contributed by atoms with Crippen molar-refractivity contribution in [1.82, 2.24) is 4.90 Å².